The van der Waals surface area contributed by atoms with E-state index in [9.17, 15) is 4.79 Å². The predicted molar refractivity (Wildman–Crippen MR) is 407 cm³/mol. The highest BCUT2D eigenvalue weighted by Crippen LogP contribution is 2.38. The Kier molecular flexibility index (Phi) is 24.3. The van der Waals surface area contributed by atoms with Crippen molar-refractivity contribution in [3.63, 3.8) is 0 Å². The molecule has 0 bridgehead atoms. The summed E-state index contributed by atoms with van der Waals surface area (Å²) in [4.78, 5) is 112. The van der Waals surface area contributed by atoms with E-state index in [2.05, 4.69) is 136 Å². The first-order valence-corrected chi connectivity index (χ1v) is 34.5. The maximum atomic E-state index is 11.5. The Balaban J connectivity index is 0.000000135. The number of para-hydroxylation sites is 1. The molecule has 0 atom stereocenters. The van der Waals surface area contributed by atoms with Crippen molar-refractivity contribution >= 4 is 167 Å². The van der Waals surface area contributed by atoms with Crippen LogP contribution in [0.4, 0.5) is 11.8 Å². The third-order valence-corrected chi connectivity index (χ3v) is 17.0. The van der Waals surface area contributed by atoms with Gasteiger partial charge < -0.3 is 67.8 Å². The van der Waals surface area contributed by atoms with Crippen molar-refractivity contribution in [3.05, 3.63) is 190 Å². The number of rotatable bonds is 12. The first-order chi connectivity index (χ1) is 53.1. The number of nitrogens with one attached hydrogen (secondary N) is 3. The fourth-order valence-electron chi connectivity index (χ4n) is 12.0. The molecule has 0 spiro atoms. The molecule has 109 heavy (non-hydrogen) atoms. The summed E-state index contributed by atoms with van der Waals surface area (Å²) in [6, 6.07) is 44.2. The summed E-state index contributed by atoms with van der Waals surface area (Å²) in [7, 11) is 0. The Morgan fingerprint density at radius 3 is 1.61 bits per heavy atom. The van der Waals surface area contributed by atoms with Gasteiger partial charge in [0.1, 0.15) is 79.7 Å². The SMILES string of the molecule is CCOc1nc2cc(-n3c4ccc(CC)cc4c4ncnc(OCC)c43)ccc2o1.CCOc1nc2cc(Br)ccc2o1.CCOc1ncnc2c1[nH]c1ccc(CC)cc12.Cc1ccc2[nH]c3c(=O)[nH]cnc3c2c1.Nc1nc2cc(-n3c4ccccc4c4ncnc(N)c43)ccc2o1.O=C=O.O=C=O.O=C=O. The van der Waals surface area contributed by atoms with Crippen molar-refractivity contribution in [3.8, 4) is 35.3 Å². The summed E-state index contributed by atoms with van der Waals surface area (Å²) in [5.41, 5.74) is 31.9. The third kappa shape index (κ3) is 16.5. The molecular formula is C77H66BrN17O14. The normalized spacial score (nSPS) is 10.6. The maximum Gasteiger partial charge on any atom is 0.394 e. The van der Waals surface area contributed by atoms with Gasteiger partial charge in [0.2, 0.25) is 11.8 Å². The fourth-order valence-corrected chi connectivity index (χ4v) is 12.4. The van der Waals surface area contributed by atoms with E-state index >= 15 is 0 Å². The second-order valence-corrected chi connectivity index (χ2v) is 23.9. The van der Waals surface area contributed by atoms with Crippen molar-refractivity contribution in [2.75, 3.05) is 37.9 Å². The van der Waals surface area contributed by atoms with Crippen LogP contribution in [0, 0.1) is 6.92 Å². The molecule has 0 saturated heterocycles. The minimum atomic E-state index is -0.131. The molecule has 0 unspecified atom stereocenters. The summed E-state index contributed by atoms with van der Waals surface area (Å²) >= 11 is 3.36. The molecule has 7 aromatic carbocycles. The number of hydrogen-bond acceptors (Lipinski definition) is 26. The molecule has 31 nitrogen and oxygen atoms in total. The molecule has 18 aromatic rings. The van der Waals surface area contributed by atoms with E-state index in [1.54, 1.807) is 12.7 Å². The predicted octanol–water partition coefficient (Wildman–Crippen LogP) is 14.0. The number of aryl methyl sites for hydroxylation is 3. The average Bonchev–Trinajstić information content (AvgIpc) is 1.58. The number of aromatic amines is 3. The number of nitrogen functional groups attached to an aromatic ring is 2. The number of carbonyl (C=O) groups excluding carboxylic acids is 6. The third-order valence-electron chi connectivity index (χ3n) is 16.5. The van der Waals surface area contributed by atoms with Gasteiger partial charge in [-0.15, -0.1) is 0 Å². The monoisotopic (exact) mass is 1530 g/mol. The Labute approximate surface area is 623 Å². The topological polar surface area (TPSA) is 434 Å². The Morgan fingerprint density at radius 1 is 0.468 bits per heavy atom. The minimum Gasteiger partial charge on any atom is -0.476 e. The number of halogens is 1. The summed E-state index contributed by atoms with van der Waals surface area (Å²) in [5, 5.41) is 4.22. The van der Waals surface area contributed by atoms with Crippen LogP contribution in [-0.2, 0) is 41.6 Å². The molecular weight excluding hydrogens is 1470 g/mol. The van der Waals surface area contributed by atoms with E-state index in [0.717, 1.165) is 133 Å². The van der Waals surface area contributed by atoms with Crippen LogP contribution in [0.1, 0.15) is 58.2 Å². The van der Waals surface area contributed by atoms with Gasteiger partial charge in [0.25, 0.3) is 11.6 Å². The molecule has 0 saturated carbocycles. The van der Waals surface area contributed by atoms with E-state index in [4.69, 9.17) is 72.4 Å². The fraction of sp³-hybridized carbons (Fsp3) is 0.169. The van der Waals surface area contributed by atoms with Crippen LogP contribution in [0.2, 0.25) is 0 Å². The first kappa shape index (κ1) is 75.8. The van der Waals surface area contributed by atoms with Crippen molar-refractivity contribution in [2.45, 2.75) is 61.3 Å². The molecule has 0 aliphatic rings. The standard InChI is InChI=1S/C23H22N4O3.C17H12N6O.C14H15N3O.C11H9N3O.C9H8BrNO2.3CO2/c1-4-14-7-9-18-16(11-14)20-21(22(28-5-2)25-13-24-20)27(18)15-8-10-19-17(12-15)26-23(30-19)29-6-3;18-16-15-14(20-8-21-16)10-3-1-2-4-12(10)23(15)9-5-6-13-11(7-9)22-17(19)24-13;1-3-9-5-6-11-10(7-9)12-13(17-11)14(18-4-2)16-8-15-12;1-6-2-3-8-7(4-6)9-10(14-8)11(15)13-5-12-9;1-2-12-9-11-7-5-6(10)3-4-8(7)13-9;3*2-1-3/h7-13H,4-6H2,1-3H3;1-8H,(H2,19,22)(H2,18,20,21);5-8,17H,3-4H2,1-2H3;2-5,14H,1H3,(H,12,13,15);3-5H,2H2,1H3;;;. The van der Waals surface area contributed by atoms with E-state index < -0.39 is 0 Å². The zero-order valence-corrected chi connectivity index (χ0v) is 61.0. The molecule has 0 radical (unpaired) electrons. The van der Waals surface area contributed by atoms with Gasteiger partial charge in [-0.05, 0) is 156 Å². The summed E-state index contributed by atoms with van der Waals surface area (Å²) in [5.74, 6) is 1.61. The highest BCUT2D eigenvalue weighted by Gasteiger charge is 2.22. The van der Waals surface area contributed by atoms with Crippen LogP contribution in [0.5, 0.6) is 23.9 Å². The number of aromatic nitrogens is 15. The largest absolute Gasteiger partial charge is 0.476 e. The summed E-state index contributed by atoms with van der Waals surface area (Å²) < 4.78 is 43.4. The maximum absolute atomic E-state index is 11.5. The number of nitrogens with two attached hydrogens (primary N) is 2. The van der Waals surface area contributed by atoms with Gasteiger partial charge in [-0.3, -0.25) is 4.79 Å². The number of ether oxygens (including phenoxy) is 4. The van der Waals surface area contributed by atoms with Crippen LogP contribution >= 0.6 is 15.9 Å². The number of anilines is 2. The summed E-state index contributed by atoms with van der Waals surface area (Å²) in [6.07, 6.45) is 9.36. The lowest BCUT2D eigenvalue weighted by atomic mass is 10.1. The number of oxazole rings is 3. The van der Waals surface area contributed by atoms with Gasteiger partial charge >= 0.3 is 30.6 Å². The second-order valence-electron chi connectivity index (χ2n) is 23.0. The zero-order valence-electron chi connectivity index (χ0n) is 59.4. The van der Waals surface area contributed by atoms with Crippen molar-refractivity contribution in [2.24, 2.45) is 0 Å². The number of H-pyrrole nitrogens is 3. The van der Waals surface area contributed by atoms with Gasteiger partial charge in [-0.2, -0.15) is 53.7 Å². The molecule has 18 rings (SSSR count). The van der Waals surface area contributed by atoms with Crippen molar-refractivity contribution in [1.82, 2.24) is 73.9 Å². The number of benzene rings is 7. The van der Waals surface area contributed by atoms with Crippen LogP contribution in [0.25, 0.3) is 132 Å². The molecule has 11 aromatic heterocycles. The highest BCUT2D eigenvalue weighted by molar-refractivity contribution is 9.10. The molecule has 0 amide bonds. The number of hydrogen-bond donors (Lipinski definition) is 5. The molecule has 7 N–H and O–H groups in total. The van der Waals surface area contributed by atoms with Gasteiger partial charge in [-0.25, -0.2) is 24.9 Å². The zero-order chi connectivity index (χ0) is 77.3. The Bertz CT molecular complexity index is 6430. The smallest absolute Gasteiger partial charge is 0.394 e. The minimum absolute atomic E-state index is 0.131. The quantitative estimate of drug-likeness (QED) is 0.0758. The van der Waals surface area contributed by atoms with Gasteiger partial charge in [0.05, 0.1) is 43.8 Å². The first-order valence-electron chi connectivity index (χ1n) is 33.7. The van der Waals surface area contributed by atoms with Gasteiger partial charge in [0.15, 0.2) is 22.6 Å². The number of nitrogens with zero attached hydrogens (tertiary/aromatic N) is 12. The van der Waals surface area contributed by atoms with Gasteiger partial charge in [0, 0.05) is 48.4 Å². The Morgan fingerprint density at radius 2 is 0.963 bits per heavy atom. The van der Waals surface area contributed by atoms with Crippen LogP contribution < -0.4 is 36.0 Å². The summed E-state index contributed by atoms with van der Waals surface area (Å²) in [6.45, 7) is 16.2. The van der Waals surface area contributed by atoms with Crippen molar-refractivity contribution < 1.29 is 61.0 Å². The van der Waals surface area contributed by atoms with Gasteiger partial charge in [-0.1, -0.05) is 71.7 Å². The highest BCUT2D eigenvalue weighted by atomic mass is 79.9. The van der Waals surface area contributed by atoms with Crippen LogP contribution in [-0.4, -0.2) is 119 Å². The number of fused-ring (bicyclic) bond motifs is 15. The molecule has 11 heterocycles. The lowest BCUT2D eigenvalue weighted by Crippen LogP contribution is -2.05. The van der Waals surface area contributed by atoms with E-state index in [-0.39, 0.29) is 36.1 Å². The van der Waals surface area contributed by atoms with Crippen LogP contribution in [0.15, 0.2) is 181 Å². The molecule has 0 aliphatic carbocycles. The van der Waals surface area contributed by atoms with E-state index in [0.29, 0.717) is 72.3 Å². The lowest BCUT2D eigenvalue weighted by molar-refractivity contribution is -0.193. The lowest BCUT2D eigenvalue weighted by Gasteiger charge is -2.10. The second kappa shape index (κ2) is 35.0. The van der Waals surface area contributed by atoms with E-state index in [1.165, 1.54) is 23.8 Å². The Hall–Kier alpha value is -14.3. The molecule has 550 valence electrons. The molecule has 0 fully saturated rings. The molecule has 0 aliphatic heterocycles. The van der Waals surface area contributed by atoms with Crippen molar-refractivity contribution in [1.29, 1.82) is 0 Å². The molecule has 32 heteroatoms. The average molecular weight is 1530 g/mol. The van der Waals surface area contributed by atoms with E-state index in [1.807, 2.05) is 136 Å². The van der Waals surface area contributed by atoms with Crippen LogP contribution in [0.3, 0.4) is 0 Å².